The Hall–Kier alpha value is -2.16. The fourth-order valence-corrected chi connectivity index (χ4v) is 2.28. The molecule has 0 saturated carbocycles. The van der Waals surface area contributed by atoms with E-state index in [9.17, 15) is 0 Å². The highest BCUT2D eigenvalue weighted by Crippen LogP contribution is 2.27. The zero-order valence-electron chi connectivity index (χ0n) is 13.0. The van der Waals surface area contributed by atoms with Crippen LogP contribution in [0.2, 0.25) is 0 Å². The lowest BCUT2D eigenvalue weighted by molar-refractivity contribution is 0.244. The molecule has 1 unspecified atom stereocenters. The zero-order chi connectivity index (χ0) is 15.2. The lowest BCUT2D eigenvalue weighted by Crippen LogP contribution is -2.18. The number of nitrogen functional groups attached to an aromatic ring is 1. The minimum Gasteiger partial charge on any atom is -0.489 e. The second kappa shape index (κ2) is 7.02. The standard InChI is InChI=1S/C18H24N2O/c1-13(2)21-18-12-16(9-10-17(18)19)20-14(3)11-15-7-5-4-6-8-15/h4-10,12-14,20H,11,19H2,1-3H3. The van der Waals surface area contributed by atoms with Crippen molar-refractivity contribution in [3.05, 3.63) is 54.1 Å². The monoisotopic (exact) mass is 284 g/mol. The number of hydrogen-bond donors (Lipinski definition) is 2. The first-order valence-electron chi connectivity index (χ1n) is 7.41. The first kappa shape index (κ1) is 15.2. The van der Waals surface area contributed by atoms with Crippen LogP contribution in [-0.4, -0.2) is 12.1 Å². The molecule has 0 aromatic heterocycles. The molecule has 0 aliphatic carbocycles. The van der Waals surface area contributed by atoms with Crippen molar-refractivity contribution in [2.75, 3.05) is 11.1 Å². The molecule has 2 aromatic rings. The first-order chi connectivity index (χ1) is 10.0. The summed E-state index contributed by atoms with van der Waals surface area (Å²) in [4.78, 5) is 0. The SMILES string of the molecule is CC(Cc1ccccc1)Nc1ccc(N)c(OC(C)C)c1. The van der Waals surface area contributed by atoms with Crippen LogP contribution in [0.5, 0.6) is 5.75 Å². The molecule has 0 fully saturated rings. The Labute approximate surface area is 127 Å². The van der Waals surface area contributed by atoms with Gasteiger partial charge >= 0.3 is 0 Å². The largest absolute Gasteiger partial charge is 0.489 e. The van der Waals surface area contributed by atoms with Crippen molar-refractivity contribution in [1.29, 1.82) is 0 Å². The minimum atomic E-state index is 0.115. The molecule has 3 N–H and O–H groups in total. The molecule has 0 radical (unpaired) electrons. The van der Waals surface area contributed by atoms with E-state index in [0.717, 1.165) is 17.9 Å². The molecule has 2 rings (SSSR count). The predicted octanol–water partition coefficient (Wildman–Crippen LogP) is 4.10. The number of hydrogen-bond acceptors (Lipinski definition) is 3. The van der Waals surface area contributed by atoms with Gasteiger partial charge in [0.05, 0.1) is 11.8 Å². The van der Waals surface area contributed by atoms with Crippen molar-refractivity contribution in [3.63, 3.8) is 0 Å². The van der Waals surface area contributed by atoms with E-state index in [4.69, 9.17) is 10.5 Å². The molecule has 0 bridgehead atoms. The van der Waals surface area contributed by atoms with E-state index in [1.54, 1.807) is 0 Å². The normalized spacial score (nSPS) is 12.2. The Morgan fingerprint density at radius 2 is 1.76 bits per heavy atom. The van der Waals surface area contributed by atoms with E-state index >= 15 is 0 Å². The lowest BCUT2D eigenvalue weighted by atomic mass is 10.1. The van der Waals surface area contributed by atoms with Gasteiger partial charge in [0.15, 0.2) is 0 Å². The van der Waals surface area contributed by atoms with E-state index in [1.807, 2.05) is 38.1 Å². The molecule has 0 saturated heterocycles. The van der Waals surface area contributed by atoms with E-state index in [0.29, 0.717) is 11.7 Å². The fraction of sp³-hybridized carbons (Fsp3) is 0.333. The summed E-state index contributed by atoms with van der Waals surface area (Å²) in [5.41, 5.74) is 8.97. The summed E-state index contributed by atoms with van der Waals surface area (Å²) >= 11 is 0. The molecule has 3 heteroatoms. The third kappa shape index (κ3) is 4.71. The van der Waals surface area contributed by atoms with Crippen LogP contribution in [0.4, 0.5) is 11.4 Å². The van der Waals surface area contributed by atoms with Crippen molar-refractivity contribution in [2.24, 2.45) is 0 Å². The Bertz CT molecular complexity index is 567. The second-order valence-electron chi connectivity index (χ2n) is 5.65. The van der Waals surface area contributed by atoms with Gasteiger partial charge in [0, 0.05) is 17.8 Å². The average molecular weight is 284 g/mol. The smallest absolute Gasteiger partial charge is 0.144 e. The van der Waals surface area contributed by atoms with Gasteiger partial charge in [-0.15, -0.1) is 0 Å². The van der Waals surface area contributed by atoms with Gasteiger partial charge in [-0.1, -0.05) is 30.3 Å². The Morgan fingerprint density at radius 1 is 1.05 bits per heavy atom. The molecule has 2 aromatic carbocycles. The average Bonchev–Trinajstić information content (AvgIpc) is 2.43. The van der Waals surface area contributed by atoms with Gasteiger partial charge in [-0.05, 0) is 44.9 Å². The van der Waals surface area contributed by atoms with E-state index < -0.39 is 0 Å². The van der Waals surface area contributed by atoms with Gasteiger partial charge in [0.2, 0.25) is 0 Å². The molecule has 0 aliphatic rings. The van der Waals surface area contributed by atoms with Crippen LogP contribution in [0.3, 0.4) is 0 Å². The predicted molar refractivity (Wildman–Crippen MR) is 89.8 cm³/mol. The van der Waals surface area contributed by atoms with Crippen LogP contribution < -0.4 is 15.8 Å². The highest BCUT2D eigenvalue weighted by atomic mass is 16.5. The lowest BCUT2D eigenvalue weighted by Gasteiger charge is -2.18. The van der Waals surface area contributed by atoms with E-state index in [-0.39, 0.29) is 6.10 Å². The molecule has 0 aliphatic heterocycles. The summed E-state index contributed by atoms with van der Waals surface area (Å²) in [6, 6.07) is 16.7. The van der Waals surface area contributed by atoms with Crippen LogP contribution in [0.15, 0.2) is 48.5 Å². The Kier molecular flexibility index (Phi) is 5.09. The summed E-state index contributed by atoms with van der Waals surface area (Å²) in [7, 11) is 0. The molecular formula is C18H24N2O. The van der Waals surface area contributed by atoms with Crippen molar-refractivity contribution in [3.8, 4) is 5.75 Å². The second-order valence-corrected chi connectivity index (χ2v) is 5.65. The van der Waals surface area contributed by atoms with Crippen molar-refractivity contribution < 1.29 is 4.74 Å². The number of anilines is 2. The summed E-state index contributed by atoms with van der Waals surface area (Å²) in [5.74, 6) is 0.738. The van der Waals surface area contributed by atoms with Gasteiger partial charge in [0.1, 0.15) is 5.75 Å². The molecular weight excluding hydrogens is 260 g/mol. The molecule has 3 nitrogen and oxygen atoms in total. The van der Waals surface area contributed by atoms with Crippen LogP contribution in [0, 0.1) is 0 Å². The van der Waals surface area contributed by atoms with Crippen LogP contribution in [0.1, 0.15) is 26.3 Å². The molecule has 0 spiro atoms. The highest BCUT2D eigenvalue weighted by molar-refractivity contribution is 5.61. The maximum atomic E-state index is 5.94. The molecule has 21 heavy (non-hydrogen) atoms. The number of nitrogens with one attached hydrogen (secondary N) is 1. The quantitative estimate of drug-likeness (QED) is 0.785. The van der Waals surface area contributed by atoms with Gasteiger partial charge < -0.3 is 15.8 Å². The number of ether oxygens (including phenoxy) is 1. The minimum absolute atomic E-state index is 0.115. The molecule has 0 amide bonds. The van der Waals surface area contributed by atoms with Crippen molar-refractivity contribution in [2.45, 2.75) is 39.3 Å². The van der Waals surface area contributed by atoms with Crippen molar-refractivity contribution >= 4 is 11.4 Å². The fourth-order valence-electron chi connectivity index (χ4n) is 2.28. The maximum absolute atomic E-state index is 5.94. The highest BCUT2D eigenvalue weighted by Gasteiger charge is 2.07. The van der Waals surface area contributed by atoms with Gasteiger partial charge in [-0.2, -0.15) is 0 Å². The summed E-state index contributed by atoms with van der Waals surface area (Å²) < 4.78 is 5.72. The number of nitrogens with two attached hydrogens (primary N) is 1. The molecule has 1 atom stereocenters. The third-order valence-corrected chi connectivity index (χ3v) is 3.17. The van der Waals surface area contributed by atoms with E-state index in [1.165, 1.54) is 5.56 Å². The van der Waals surface area contributed by atoms with Gasteiger partial charge in [-0.25, -0.2) is 0 Å². The summed E-state index contributed by atoms with van der Waals surface area (Å²) in [5, 5.41) is 3.50. The van der Waals surface area contributed by atoms with Crippen LogP contribution >= 0.6 is 0 Å². The number of benzene rings is 2. The first-order valence-corrected chi connectivity index (χ1v) is 7.41. The molecule has 0 heterocycles. The third-order valence-electron chi connectivity index (χ3n) is 3.17. The van der Waals surface area contributed by atoms with Crippen molar-refractivity contribution in [1.82, 2.24) is 0 Å². The van der Waals surface area contributed by atoms with Gasteiger partial charge in [-0.3, -0.25) is 0 Å². The van der Waals surface area contributed by atoms with E-state index in [2.05, 4.69) is 36.5 Å². The topological polar surface area (TPSA) is 47.3 Å². The summed E-state index contributed by atoms with van der Waals surface area (Å²) in [6.45, 7) is 6.17. The molecule has 112 valence electrons. The maximum Gasteiger partial charge on any atom is 0.144 e. The van der Waals surface area contributed by atoms with Gasteiger partial charge in [0.25, 0.3) is 0 Å². The van der Waals surface area contributed by atoms with Crippen LogP contribution in [0.25, 0.3) is 0 Å². The number of rotatable bonds is 6. The van der Waals surface area contributed by atoms with Crippen LogP contribution in [-0.2, 0) is 6.42 Å². The zero-order valence-corrected chi connectivity index (χ0v) is 13.0. The Morgan fingerprint density at radius 3 is 2.43 bits per heavy atom. The summed E-state index contributed by atoms with van der Waals surface area (Å²) in [6.07, 6.45) is 1.09. The Balaban J connectivity index is 2.02.